The number of benzene rings is 1. The van der Waals surface area contributed by atoms with Crippen LogP contribution in [0.1, 0.15) is 41.7 Å². The quantitative estimate of drug-likeness (QED) is 0.631. The number of nitrogens with two attached hydrogens (primary N) is 1. The maximum absolute atomic E-state index is 12.3. The van der Waals surface area contributed by atoms with Gasteiger partial charge in [0.25, 0.3) is 11.5 Å². The number of hydrogen-bond acceptors (Lipinski definition) is 5. The zero-order valence-electron chi connectivity index (χ0n) is 14.3. The van der Waals surface area contributed by atoms with Gasteiger partial charge in [0.1, 0.15) is 11.4 Å². The molecular formula is C18H22N4O4. The third-order valence-electron chi connectivity index (χ3n) is 4.54. The summed E-state index contributed by atoms with van der Waals surface area (Å²) in [4.78, 5) is 39.4. The predicted octanol–water partition coefficient (Wildman–Crippen LogP) is 0.903. The molecule has 1 amide bonds. The standard InChI is InChI=1S/C18H22N4O4/c19-14-15(21-18(25)22-16(14)23)17(24)20-12-6-8-13(9-7-12)26-10-11-4-2-1-3-5-11/h1-5,12-13H,6-10,19H2,(H,20,24)(H2,21,22,23,25)/t12-,13+. The second-order valence-electron chi connectivity index (χ2n) is 6.44. The molecule has 1 aromatic heterocycles. The van der Waals surface area contributed by atoms with E-state index in [0.717, 1.165) is 31.2 Å². The summed E-state index contributed by atoms with van der Waals surface area (Å²) in [5, 5.41) is 2.83. The fourth-order valence-corrected chi connectivity index (χ4v) is 3.09. The van der Waals surface area contributed by atoms with E-state index in [9.17, 15) is 14.4 Å². The molecule has 0 atom stereocenters. The van der Waals surface area contributed by atoms with Crippen LogP contribution in [0.5, 0.6) is 0 Å². The van der Waals surface area contributed by atoms with Gasteiger partial charge in [-0.15, -0.1) is 0 Å². The van der Waals surface area contributed by atoms with Crippen LogP contribution in [0.15, 0.2) is 39.9 Å². The Balaban J connectivity index is 1.50. The first-order valence-corrected chi connectivity index (χ1v) is 8.61. The number of nitrogen functional groups attached to an aromatic ring is 1. The van der Waals surface area contributed by atoms with Gasteiger partial charge in [-0.3, -0.25) is 14.6 Å². The van der Waals surface area contributed by atoms with Gasteiger partial charge < -0.3 is 20.8 Å². The normalized spacial score (nSPS) is 19.8. The molecule has 1 aliphatic carbocycles. The first-order valence-electron chi connectivity index (χ1n) is 8.61. The molecule has 0 spiro atoms. The molecule has 0 bridgehead atoms. The Kier molecular flexibility index (Phi) is 5.52. The van der Waals surface area contributed by atoms with Gasteiger partial charge in [0.2, 0.25) is 0 Å². The van der Waals surface area contributed by atoms with E-state index in [4.69, 9.17) is 10.5 Å². The summed E-state index contributed by atoms with van der Waals surface area (Å²) < 4.78 is 5.93. The Morgan fingerprint density at radius 3 is 2.50 bits per heavy atom. The van der Waals surface area contributed by atoms with Gasteiger partial charge in [0.15, 0.2) is 0 Å². The second kappa shape index (κ2) is 8.01. The van der Waals surface area contributed by atoms with Crippen molar-refractivity contribution < 1.29 is 9.53 Å². The van der Waals surface area contributed by atoms with Crippen molar-refractivity contribution in [3.05, 3.63) is 62.4 Å². The van der Waals surface area contributed by atoms with Gasteiger partial charge in [0.05, 0.1) is 12.7 Å². The average Bonchev–Trinajstić information content (AvgIpc) is 2.65. The second-order valence-corrected chi connectivity index (χ2v) is 6.44. The molecule has 1 aliphatic rings. The van der Waals surface area contributed by atoms with Crippen molar-refractivity contribution in [1.82, 2.24) is 15.3 Å². The van der Waals surface area contributed by atoms with Crippen LogP contribution in [-0.2, 0) is 11.3 Å². The Morgan fingerprint density at radius 1 is 1.12 bits per heavy atom. The SMILES string of the molecule is Nc1c(C(=O)N[C@H]2CC[C@@H](OCc3ccccc3)CC2)[nH]c(=O)[nH]c1=O. The molecule has 0 aliphatic heterocycles. The van der Waals surface area contributed by atoms with Gasteiger partial charge >= 0.3 is 5.69 Å². The number of amides is 1. The van der Waals surface area contributed by atoms with Crippen molar-refractivity contribution in [2.24, 2.45) is 0 Å². The van der Waals surface area contributed by atoms with Crippen LogP contribution in [0.2, 0.25) is 0 Å². The molecule has 1 aromatic carbocycles. The molecule has 0 saturated heterocycles. The first-order chi connectivity index (χ1) is 12.5. The molecule has 2 aromatic rings. The topological polar surface area (TPSA) is 130 Å². The van der Waals surface area contributed by atoms with E-state index in [2.05, 4.69) is 10.3 Å². The summed E-state index contributed by atoms with van der Waals surface area (Å²) in [5.41, 5.74) is 4.71. The number of nitrogens with one attached hydrogen (secondary N) is 3. The summed E-state index contributed by atoms with van der Waals surface area (Å²) in [6.45, 7) is 0.576. The third kappa shape index (κ3) is 4.40. The van der Waals surface area contributed by atoms with E-state index in [1.54, 1.807) is 0 Å². The van der Waals surface area contributed by atoms with Crippen molar-refractivity contribution in [1.29, 1.82) is 0 Å². The number of anilines is 1. The van der Waals surface area contributed by atoms with Crippen molar-refractivity contribution in [2.45, 2.75) is 44.4 Å². The number of carbonyl (C=O) groups is 1. The van der Waals surface area contributed by atoms with E-state index in [1.165, 1.54) is 0 Å². The number of hydrogen-bond donors (Lipinski definition) is 4. The van der Waals surface area contributed by atoms with Gasteiger partial charge in [-0.2, -0.15) is 0 Å². The summed E-state index contributed by atoms with van der Waals surface area (Å²) in [7, 11) is 0. The summed E-state index contributed by atoms with van der Waals surface area (Å²) in [6.07, 6.45) is 3.35. The molecule has 138 valence electrons. The molecule has 1 saturated carbocycles. The molecular weight excluding hydrogens is 336 g/mol. The lowest BCUT2D eigenvalue weighted by Gasteiger charge is -2.29. The summed E-state index contributed by atoms with van der Waals surface area (Å²) in [6, 6.07) is 9.95. The molecule has 5 N–H and O–H groups in total. The largest absolute Gasteiger partial charge is 0.392 e. The zero-order valence-corrected chi connectivity index (χ0v) is 14.3. The van der Waals surface area contributed by atoms with Gasteiger partial charge in [-0.1, -0.05) is 30.3 Å². The Bertz CT molecular complexity index is 867. The van der Waals surface area contributed by atoms with Crippen molar-refractivity contribution in [3.63, 3.8) is 0 Å². The van der Waals surface area contributed by atoms with Gasteiger partial charge in [-0.05, 0) is 31.2 Å². The molecule has 8 nitrogen and oxygen atoms in total. The molecule has 1 fully saturated rings. The maximum atomic E-state index is 12.3. The minimum Gasteiger partial charge on any atom is -0.392 e. The number of aromatic amines is 2. The predicted molar refractivity (Wildman–Crippen MR) is 96.8 cm³/mol. The molecule has 0 unspecified atom stereocenters. The van der Waals surface area contributed by atoms with Gasteiger partial charge in [-0.25, -0.2) is 4.79 Å². The van der Waals surface area contributed by atoms with E-state index >= 15 is 0 Å². The highest BCUT2D eigenvalue weighted by atomic mass is 16.5. The fraction of sp³-hybridized carbons (Fsp3) is 0.389. The lowest BCUT2D eigenvalue weighted by Crippen LogP contribution is -2.41. The van der Waals surface area contributed by atoms with Crippen LogP contribution in [0.25, 0.3) is 0 Å². The molecule has 0 radical (unpaired) electrons. The fourth-order valence-electron chi connectivity index (χ4n) is 3.09. The molecule has 1 heterocycles. The van der Waals surface area contributed by atoms with Crippen molar-refractivity contribution in [3.8, 4) is 0 Å². The lowest BCUT2D eigenvalue weighted by atomic mass is 9.93. The third-order valence-corrected chi connectivity index (χ3v) is 4.54. The highest BCUT2D eigenvalue weighted by molar-refractivity contribution is 5.96. The summed E-state index contributed by atoms with van der Waals surface area (Å²) >= 11 is 0. The minimum atomic E-state index is -0.767. The smallest absolute Gasteiger partial charge is 0.326 e. The minimum absolute atomic E-state index is 0.0405. The van der Waals surface area contributed by atoms with Crippen LogP contribution in [0, 0.1) is 0 Å². The Labute approximate surface area is 149 Å². The first kappa shape index (κ1) is 17.9. The van der Waals surface area contributed by atoms with E-state index < -0.39 is 17.2 Å². The van der Waals surface area contributed by atoms with Crippen molar-refractivity contribution >= 4 is 11.6 Å². The zero-order chi connectivity index (χ0) is 18.5. The summed E-state index contributed by atoms with van der Waals surface area (Å²) in [5.74, 6) is -0.542. The van der Waals surface area contributed by atoms with Crippen LogP contribution in [0.3, 0.4) is 0 Å². The Morgan fingerprint density at radius 2 is 1.81 bits per heavy atom. The molecule has 3 rings (SSSR count). The number of aromatic nitrogens is 2. The van der Waals surface area contributed by atoms with Crippen LogP contribution >= 0.6 is 0 Å². The maximum Gasteiger partial charge on any atom is 0.326 e. The van der Waals surface area contributed by atoms with E-state index in [-0.39, 0.29) is 23.5 Å². The van der Waals surface area contributed by atoms with Crippen LogP contribution < -0.4 is 22.3 Å². The van der Waals surface area contributed by atoms with Crippen LogP contribution in [0.4, 0.5) is 5.69 Å². The average molecular weight is 358 g/mol. The highest BCUT2D eigenvalue weighted by Crippen LogP contribution is 2.22. The highest BCUT2D eigenvalue weighted by Gasteiger charge is 2.24. The van der Waals surface area contributed by atoms with Crippen LogP contribution in [-0.4, -0.2) is 28.0 Å². The number of carbonyl (C=O) groups excluding carboxylic acids is 1. The lowest BCUT2D eigenvalue weighted by molar-refractivity contribution is 0.0113. The van der Waals surface area contributed by atoms with E-state index in [0.29, 0.717) is 6.61 Å². The van der Waals surface area contributed by atoms with Crippen molar-refractivity contribution in [2.75, 3.05) is 5.73 Å². The monoisotopic (exact) mass is 358 g/mol. The molecule has 8 heteroatoms. The Hall–Kier alpha value is -2.87. The van der Waals surface area contributed by atoms with Gasteiger partial charge in [0, 0.05) is 6.04 Å². The number of rotatable bonds is 5. The number of H-pyrrole nitrogens is 2. The molecule has 26 heavy (non-hydrogen) atoms. The van der Waals surface area contributed by atoms with E-state index in [1.807, 2.05) is 35.3 Å². The number of ether oxygens (including phenoxy) is 1.